The summed E-state index contributed by atoms with van der Waals surface area (Å²) in [4.78, 5) is 0. The van der Waals surface area contributed by atoms with Gasteiger partial charge >= 0.3 is 0 Å². The molecule has 0 heterocycles. The van der Waals surface area contributed by atoms with E-state index >= 15 is 0 Å². The Morgan fingerprint density at radius 1 is 1.05 bits per heavy atom. The molecule has 0 spiro atoms. The van der Waals surface area contributed by atoms with Gasteiger partial charge in [-0.05, 0) is 36.7 Å². The Bertz CT molecular complexity index is 537. The minimum absolute atomic E-state index is 0.283. The van der Waals surface area contributed by atoms with Crippen LogP contribution < -0.4 is 10.1 Å². The van der Waals surface area contributed by atoms with Gasteiger partial charge in [0.2, 0.25) is 0 Å². The van der Waals surface area contributed by atoms with Gasteiger partial charge in [-0.15, -0.1) is 0 Å². The second-order valence-corrected chi connectivity index (χ2v) is 4.52. The Labute approximate surface area is 113 Å². The van der Waals surface area contributed by atoms with Crippen LogP contribution in [-0.4, -0.2) is 7.05 Å². The molecule has 0 aliphatic heterocycles. The van der Waals surface area contributed by atoms with Crippen LogP contribution in [0.4, 0.5) is 4.39 Å². The zero-order valence-electron chi connectivity index (χ0n) is 11.2. The molecule has 0 unspecified atom stereocenters. The SMILES string of the molecule is CNCc1ccc(COc2cccc(C)c2F)cc1. The van der Waals surface area contributed by atoms with Crippen molar-refractivity contribution in [3.63, 3.8) is 0 Å². The number of benzene rings is 2. The van der Waals surface area contributed by atoms with Gasteiger partial charge in [-0.3, -0.25) is 0 Å². The molecule has 2 nitrogen and oxygen atoms in total. The van der Waals surface area contributed by atoms with Crippen molar-refractivity contribution in [3.8, 4) is 5.75 Å². The van der Waals surface area contributed by atoms with Crippen LogP contribution in [0.25, 0.3) is 0 Å². The van der Waals surface area contributed by atoms with E-state index < -0.39 is 0 Å². The largest absolute Gasteiger partial charge is 0.486 e. The van der Waals surface area contributed by atoms with E-state index in [4.69, 9.17) is 4.74 Å². The van der Waals surface area contributed by atoms with Gasteiger partial charge in [0.15, 0.2) is 11.6 Å². The van der Waals surface area contributed by atoms with E-state index in [1.165, 1.54) is 5.56 Å². The third-order valence-corrected chi connectivity index (χ3v) is 2.95. The highest BCUT2D eigenvalue weighted by atomic mass is 19.1. The summed E-state index contributed by atoms with van der Waals surface area (Å²) in [7, 11) is 1.91. The molecule has 100 valence electrons. The molecule has 0 saturated carbocycles. The van der Waals surface area contributed by atoms with Crippen molar-refractivity contribution in [3.05, 3.63) is 65.0 Å². The lowest BCUT2D eigenvalue weighted by atomic mass is 10.1. The van der Waals surface area contributed by atoms with Crippen molar-refractivity contribution in [2.75, 3.05) is 7.05 Å². The summed E-state index contributed by atoms with van der Waals surface area (Å²) in [6, 6.07) is 13.3. The van der Waals surface area contributed by atoms with Crippen LogP contribution in [0.15, 0.2) is 42.5 Å². The summed E-state index contributed by atoms with van der Waals surface area (Å²) in [6.45, 7) is 2.95. The first-order chi connectivity index (χ1) is 9.20. The van der Waals surface area contributed by atoms with E-state index in [0.29, 0.717) is 17.9 Å². The van der Waals surface area contributed by atoms with Crippen molar-refractivity contribution >= 4 is 0 Å². The molecule has 2 rings (SSSR count). The standard InChI is InChI=1S/C16H18FNO/c1-12-4-3-5-15(16(12)17)19-11-14-8-6-13(7-9-14)10-18-2/h3-9,18H,10-11H2,1-2H3. The Morgan fingerprint density at radius 2 is 1.74 bits per heavy atom. The zero-order chi connectivity index (χ0) is 13.7. The lowest BCUT2D eigenvalue weighted by Crippen LogP contribution is -2.05. The van der Waals surface area contributed by atoms with Crippen LogP contribution in [0.2, 0.25) is 0 Å². The molecule has 2 aromatic carbocycles. The first-order valence-electron chi connectivity index (χ1n) is 6.31. The van der Waals surface area contributed by atoms with Gasteiger partial charge in [-0.2, -0.15) is 0 Å². The van der Waals surface area contributed by atoms with Crippen molar-refractivity contribution in [1.82, 2.24) is 5.32 Å². The smallest absolute Gasteiger partial charge is 0.167 e. The summed E-state index contributed by atoms with van der Waals surface area (Å²) >= 11 is 0. The summed E-state index contributed by atoms with van der Waals surface area (Å²) in [6.07, 6.45) is 0. The number of hydrogen-bond acceptors (Lipinski definition) is 2. The average molecular weight is 259 g/mol. The minimum Gasteiger partial charge on any atom is -0.486 e. The highest BCUT2D eigenvalue weighted by Gasteiger charge is 2.05. The first kappa shape index (κ1) is 13.6. The van der Waals surface area contributed by atoms with Crippen LogP contribution in [0, 0.1) is 12.7 Å². The van der Waals surface area contributed by atoms with Crippen molar-refractivity contribution in [2.45, 2.75) is 20.1 Å². The van der Waals surface area contributed by atoms with Gasteiger partial charge < -0.3 is 10.1 Å². The van der Waals surface area contributed by atoms with Gasteiger partial charge in [-0.1, -0.05) is 36.4 Å². The number of nitrogens with one attached hydrogen (secondary N) is 1. The molecule has 2 aromatic rings. The lowest BCUT2D eigenvalue weighted by Gasteiger charge is -2.09. The molecule has 0 aromatic heterocycles. The Hall–Kier alpha value is -1.87. The molecular formula is C16H18FNO. The van der Waals surface area contributed by atoms with Gasteiger partial charge in [0.25, 0.3) is 0 Å². The summed E-state index contributed by atoms with van der Waals surface area (Å²) < 4.78 is 19.2. The molecule has 0 amide bonds. The average Bonchev–Trinajstić information content (AvgIpc) is 2.42. The molecule has 0 aliphatic carbocycles. The van der Waals surface area contributed by atoms with Crippen LogP contribution in [0.3, 0.4) is 0 Å². The minimum atomic E-state index is -0.283. The summed E-state index contributed by atoms with van der Waals surface area (Å²) in [5.41, 5.74) is 2.84. The normalized spacial score (nSPS) is 10.5. The monoisotopic (exact) mass is 259 g/mol. The fourth-order valence-corrected chi connectivity index (χ4v) is 1.85. The van der Waals surface area contributed by atoms with Crippen molar-refractivity contribution in [2.24, 2.45) is 0 Å². The van der Waals surface area contributed by atoms with Gasteiger partial charge in [0.1, 0.15) is 6.61 Å². The van der Waals surface area contributed by atoms with E-state index in [1.54, 1.807) is 25.1 Å². The van der Waals surface area contributed by atoms with Gasteiger partial charge in [0.05, 0.1) is 0 Å². The van der Waals surface area contributed by atoms with E-state index in [9.17, 15) is 4.39 Å². The highest BCUT2D eigenvalue weighted by Crippen LogP contribution is 2.20. The first-order valence-corrected chi connectivity index (χ1v) is 6.31. The number of hydrogen-bond donors (Lipinski definition) is 1. The third kappa shape index (κ3) is 3.55. The van der Waals surface area contributed by atoms with Crippen molar-refractivity contribution in [1.29, 1.82) is 0 Å². The predicted octanol–water partition coefficient (Wildman–Crippen LogP) is 3.43. The van der Waals surface area contributed by atoms with E-state index in [1.807, 2.05) is 31.3 Å². The second-order valence-electron chi connectivity index (χ2n) is 4.52. The topological polar surface area (TPSA) is 21.3 Å². The molecule has 0 fully saturated rings. The Kier molecular flexibility index (Phi) is 4.53. The maximum Gasteiger partial charge on any atom is 0.167 e. The number of ether oxygens (including phenoxy) is 1. The molecule has 19 heavy (non-hydrogen) atoms. The third-order valence-electron chi connectivity index (χ3n) is 2.95. The van der Waals surface area contributed by atoms with Gasteiger partial charge in [0, 0.05) is 6.54 Å². The van der Waals surface area contributed by atoms with Crippen LogP contribution >= 0.6 is 0 Å². The molecule has 1 N–H and O–H groups in total. The quantitative estimate of drug-likeness (QED) is 0.888. The van der Waals surface area contributed by atoms with Crippen molar-refractivity contribution < 1.29 is 9.13 Å². The predicted molar refractivity (Wildman–Crippen MR) is 74.7 cm³/mol. The van der Waals surface area contributed by atoms with E-state index in [2.05, 4.69) is 5.32 Å². The maximum absolute atomic E-state index is 13.7. The fraction of sp³-hybridized carbons (Fsp3) is 0.250. The summed E-state index contributed by atoms with van der Waals surface area (Å²) in [5, 5.41) is 3.09. The van der Waals surface area contributed by atoms with E-state index in [-0.39, 0.29) is 5.82 Å². The zero-order valence-corrected chi connectivity index (χ0v) is 11.2. The van der Waals surface area contributed by atoms with Crippen LogP contribution in [0.5, 0.6) is 5.75 Å². The molecule has 0 saturated heterocycles. The van der Waals surface area contributed by atoms with Gasteiger partial charge in [-0.25, -0.2) is 4.39 Å². The second kappa shape index (κ2) is 6.34. The van der Waals surface area contributed by atoms with Crippen LogP contribution in [0.1, 0.15) is 16.7 Å². The summed E-state index contributed by atoms with van der Waals surface area (Å²) in [5.74, 6) is 0.0219. The van der Waals surface area contributed by atoms with Crippen LogP contribution in [-0.2, 0) is 13.2 Å². The number of halogens is 1. The molecule has 3 heteroatoms. The molecule has 0 aliphatic rings. The maximum atomic E-state index is 13.7. The molecule has 0 radical (unpaired) electrons. The molecule has 0 atom stereocenters. The Balaban J connectivity index is 2.00. The molecule has 0 bridgehead atoms. The number of aryl methyl sites for hydroxylation is 1. The highest BCUT2D eigenvalue weighted by molar-refractivity contribution is 5.30. The lowest BCUT2D eigenvalue weighted by molar-refractivity contribution is 0.289. The molecular weight excluding hydrogens is 241 g/mol. The Morgan fingerprint density at radius 3 is 2.42 bits per heavy atom. The number of rotatable bonds is 5. The van der Waals surface area contributed by atoms with E-state index in [0.717, 1.165) is 12.1 Å². The fourth-order valence-electron chi connectivity index (χ4n) is 1.85.